The summed E-state index contributed by atoms with van der Waals surface area (Å²) in [5.41, 5.74) is 0. The molecule has 0 aliphatic carbocycles. The molecule has 0 aromatic heterocycles. The van der Waals surface area contributed by atoms with Crippen molar-refractivity contribution in [1.29, 1.82) is 0 Å². The minimum absolute atomic E-state index is 0.251. The van der Waals surface area contributed by atoms with Crippen LogP contribution in [-0.2, 0) is 37.3 Å². The predicted octanol–water partition coefficient (Wildman–Crippen LogP) is 3.63. The lowest BCUT2D eigenvalue weighted by molar-refractivity contribution is -0.0359. The molecule has 0 aromatic rings. The van der Waals surface area contributed by atoms with Crippen LogP contribution < -0.4 is 0 Å². The van der Waals surface area contributed by atoms with Gasteiger partial charge in [0.1, 0.15) is 6.35 Å². The van der Waals surface area contributed by atoms with E-state index in [0.717, 1.165) is 0 Å². The summed E-state index contributed by atoms with van der Waals surface area (Å²) in [7, 11) is -3.84. The van der Waals surface area contributed by atoms with Crippen LogP contribution in [0.2, 0.25) is 0 Å². The van der Waals surface area contributed by atoms with Gasteiger partial charge in [0.2, 0.25) is 13.6 Å². The maximum absolute atomic E-state index is 12.5. The third-order valence-electron chi connectivity index (χ3n) is 2.08. The van der Waals surface area contributed by atoms with E-state index in [1.807, 2.05) is 0 Å². The Morgan fingerprint density at radius 3 is 1.48 bits per heavy atom. The highest BCUT2D eigenvalue weighted by Gasteiger charge is 2.28. The second-order valence-corrected chi connectivity index (χ2v) is 7.57. The average molecular weight is 386 g/mol. The normalized spacial score (nSPS) is 11.7. The van der Waals surface area contributed by atoms with Gasteiger partial charge in [-0.25, -0.2) is 9.59 Å². The van der Waals surface area contributed by atoms with Crippen molar-refractivity contribution in [2.45, 2.75) is 59.9 Å². The summed E-state index contributed by atoms with van der Waals surface area (Å²) < 4.78 is 46.3. The molecule has 25 heavy (non-hydrogen) atoms. The minimum Gasteiger partial charge on any atom is -0.432 e. The van der Waals surface area contributed by atoms with Crippen LogP contribution in [-0.4, -0.2) is 50.6 Å². The lowest BCUT2D eigenvalue weighted by atomic mass is 10.5. The molecule has 0 radical (unpaired) electrons. The second-order valence-electron chi connectivity index (χ2n) is 5.57. The topological polar surface area (TPSA) is 116 Å². The molecule has 0 heterocycles. The molecule has 148 valence electrons. The van der Waals surface area contributed by atoms with Crippen LogP contribution in [0, 0.1) is 0 Å². The molecule has 0 aliphatic rings. The molecular weight excluding hydrogens is 359 g/mol. The summed E-state index contributed by atoms with van der Waals surface area (Å²) in [5.74, 6) is 0. The first-order valence-electron chi connectivity index (χ1n) is 7.70. The number of hydrogen-bond donors (Lipinski definition) is 0. The van der Waals surface area contributed by atoms with Crippen LogP contribution in [0.4, 0.5) is 9.59 Å². The predicted molar refractivity (Wildman–Crippen MR) is 86.0 cm³/mol. The summed E-state index contributed by atoms with van der Waals surface area (Å²) in [4.78, 5) is 22.5. The molecule has 0 rings (SSSR count). The Hall–Kier alpha value is -1.35. The van der Waals surface area contributed by atoms with E-state index >= 15 is 0 Å². The molecule has 0 saturated heterocycles. The molecule has 0 aromatic carbocycles. The molecule has 0 aliphatic heterocycles. The molecule has 0 unspecified atom stereocenters. The zero-order valence-electron chi connectivity index (χ0n) is 15.4. The highest BCUT2D eigenvalue weighted by molar-refractivity contribution is 7.53. The Morgan fingerprint density at radius 1 is 0.760 bits per heavy atom. The Kier molecular flexibility index (Phi) is 11.4. The summed E-state index contributed by atoms with van der Waals surface area (Å²) in [6.45, 7) is 8.64. The molecule has 0 amide bonds. The lowest BCUT2D eigenvalue weighted by Crippen LogP contribution is -2.17. The molecule has 11 heteroatoms. The molecule has 0 N–H and O–H groups in total. The fourth-order valence-corrected chi connectivity index (χ4v) is 2.25. The standard InChI is InChI=1S/C14H27O10P/c1-10(2)20-9-25(17,21-7-18-13(15)23-11(3)4)22-8-19-14(16)24-12(5)6/h10-12H,7-9H2,1-6H3. The quantitative estimate of drug-likeness (QED) is 0.296. The van der Waals surface area contributed by atoms with E-state index in [4.69, 9.17) is 23.3 Å². The van der Waals surface area contributed by atoms with Crippen LogP contribution in [0.3, 0.4) is 0 Å². The van der Waals surface area contributed by atoms with Crippen LogP contribution in [0.15, 0.2) is 0 Å². The zero-order chi connectivity index (χ0) is 19.5. The molecule has 0 saturated carbocycles. The first-order chi connectivity index (χ1) is 11.5. The van der Waals surface area contributed by atoms with Crippen LogP contribution in [0.5, 0.6) is 0 Å². The minimum atomic E-state index is -3.84. The van der Waals surface area contributed by atoms with E-state index in [1.165, 1.54) is 0 Å². The van der Waals surface area contributed by atoms with Gasteiger partial charge < -0.3 is 23.7 Å². The van der Waals surface area contributed by atoms with Crippen molar-refractivity contribution in [3.63, 3.8) is 0 Å². The number of carbonyl (C=O) groups is 2. The largest absolute Gasteiger partial charge is 0.510 e. The fraction of sp³-hybridized carbons (Fsp3) is 0.857. The van der Waals surface area contributed by atoms with Crippen molar-refractivity contribution in [3.05, 3.63) is 0 Å². The number of carbonyl (C=O) groups excluding carboxylic acids is 2. The van der Waals surface area contributed by atoms with Crippen LogP contribution in [0.1, 0.15) is 41.5 Å². The number of rotatable bonds is 11. The summed E-state index contributed by atoms with van der Waals surface area (Å²) in [6, 6.07) is 0. The summed E-state index contributed by atoms with van der Waals surface area (Å²) >= 11 is 0. The smallest absolute Gasteiger partial charge is 0.432 e. The third-order valence-corrected chi connectivity index (χ3v) is 3.55. The second kappa shape index (κ2) is 12.1. The highest BCUT2D eigenvalue weighted by Crippen LogP contribution is 2.48. The first kappa shape index (κ1) is 23.6. The van der Waals surface area contributed by atoms with Gasteiger partial charge in [0.05, 0.1) is 18.3 Å². The van der Waals surface area contributed by atoms with E-state index in [-0.39, 0.29) is 18.3 Å². The third kappa shape index (κ3) is 13.6. The van der Waals surface area contributed by atoms with Gasteiger partial charge in [-0.3, -0.25) is 13.6 Å². The summed E-state index contributed by atoms with van der Waals surface area (Å²) in [6.07, 6.45) is -3.39. The number of ether oxygens (including phenoxy) is 5. The molecular formula is C14H27O10P. The van der Waals surface area contributed by atoms with Crippen molar-refractivity contribution in [3.8, 4) is 0 Å². The average Bonchev–Trinajstić information content (AvgIpc) is 2.43. The molecule has 0 atom stereocenters. The van der Waals surface area contributed by atoms with Crippen molar-refractivity contribution >= 4 is 19.9 Å². The molecule has 10 nitrogen and oxygen atoms in total. The van der Waals surface area contributed by atoms with Gasteiger partial charge in [0, 0.05) is 0 Å². The fourth-order valence-electron chi connectivity index (χ4n) is 1.11. The van der Waals surface area contributed by atoms with E-state index in [2.05, 4.69) is 9.47 Å². The summed E-state index contributed by atoms with van der Waals surface area (Å²) in [5, 5.41) is 0. The van der Waals surface area contributed by atoms with Crippen molar-refractivity contribution in [2.75, 3.05) is 19.9 Å². The van der Waals surface area contributed by atoms with E-state index in [1.54, 1.807) is 41.5 Å². The zero-order valence-corrected chi connectivity index (χ0v) is 16.3. The number of hydrogen-bond acceptors (Lipinski definition) is 10. The lowest BCUT2D eigenvalue weighted by Gasteiger charge is -2.19. The van der Waals surface area contributed by atoms with Gasteiger partial charge in [0.25, 0.3) is 0 Å². The van der Waals surface area contributed by atoms with E-state index in [0.29, 0.717) is 0 Å². The Morgan fingerprint density at radius 2 is 1.16 bits per heavy atom. The SMILES string of the molecule is CC(C)OCP(=O)(OCOC(=O)OC(C)C)OCOC(=O)OC(C)C. The van der Waals surface area contributed by atoms with Crippen LogP contribution >= 0.6 is 7.60 Å². The Labute approximate surface area is 147 Å². The molecule has 0 bridgehead atoms. The van der Waals surface area contributed by atoms with Gasteiger partial charge in [0.15, 0.2) is 0 Å². The van der Waals surface area contributed by atoms with Gasteiger partial charge >= 0.3 is 19.9 Å². The maximum atomic E-state index is 12.5. The molecule has 0 fully saturated rings. The highest BCUT2D eigenvalue weighted by atomic mass is 31.2. The van der Waals surface area contributed by atoms with Gasteiger partial charge in [-0.1, -0.05) is 0 Å². The first-order valence-corrected chi connectivity index (χ1v) is 9.43. The molecule has 0 spiro atoms. The van der Waals surface area contributed by atoms with E-state index < -0.39 is 39.8 Å². The van der Waals surface area contributed by atoms with Gasteiger partial charge in [-0.05, 0) is 41.5 Å². The van der Waals surface area contributed by atoms with Crippen molar-refractivity contribution in [1.82, 2.24) is 0 Å². The Bertz CT molecular complexity index is 417. The van der Waals surface area contributed by atoms with Crippen molar-refractivity contribution in [2.24, 2.45) is 0 Å². The van der Waals surface area contributed by atoms with Crippen LogP contribution in [0.25, 0.3) is 0 Å². The monoisotopic (exact) mass is 386 g/mol. The Balaban J connectivity index is 4.44. The van der Waals surface area contributed by atoms with Gasteiger partial charge in [-0.15, -0.1) is 0 Å². The van der Waals surface area contributed by atoms with Crippen molar-refractivity contribution < 1.29 is 46.9 Å². The maximum Gasteiger partial charge on any atom is 0.510 e. The van der Waals surface area contributed by atoms with E-state index in [9.17, 15) is 14.2 Å². The van der Waals surface area contributed by atoms with Gasteiger partial charge in [-0.2, -0.15) is 0 Å².